The van der Waals surface area contributed by atoms with Gasteiger partial charge in [0.25, 0.3) is 0 Å². The zero-order valence-corrected chi connectivity index (χ0v) is 27.2. The number of fused-ring (bicyclic) bond motifs is 2. The van der Waals surface area contributed by atoms with Gasteiger partial charge < -0.3 is 0 Å². The predicted octanol–water partition coefficient (Wildman–Crippen LogP) is 9.18. The van der Waals surface area contributed by atoms with E-state index in [4.69, 9.17) is 0 Å². The van der Waals surface area contributed by atoms with Gasteiger partial charge in [-0.1, -0.05) is 182 Å². The van der Waals surface area contributed by atoms with Gasteiger partial charge in [-0.2, -0.15) is 0 Å². The number of hydrogen-bond donors (Lipinski definition) is 0. The lowest BCUT2D eigenvalue weighted by Crippen LogP contribution is -2.23. The maximum atomic E-state index is 2.52. The summed E-state index contributed by atoms with van der Waals surface area (Å²) in [7, 11) is -1.60. The van der Waals surface area contributed by atoms with Gasteiger partial charge in [-0.25, -0.2) is 0 Å². The van der Waals surface area contributed by atoms with E-state index in [9.17, 15) is 0 Å². The van der Waals surface area contributed by atoms with Gasteiger partial charge in [0.1, 0.15) is 0 Å². The van der Waals surface area contributed by atoms with Gasteiger partial charge >= 0.3 is 0 Å². The molecule has 0 saturated heterocycles. The van der Waals surface area contributed by atoms with E-state index in [1.54, 1.807) is 0 Å². The van der Waals surface area contributed by atoms with Gasteiger partial charge in [0, 0.05) is 0 Å². The Bertz CT molecular complexity index is 2170. The molecule has 0 N–H and O–H groups in total. The van der Waals surface area contributed by atoms with Crippen LogP contribution in [0.4, 0.5) is 0 Å². The molecule has 46 heavy (non-hydrogen) atoms. The zero-order chi connectivity index (χ0) is 30.7. The quantitative estimate of drug-likeness (QED) is 0.156. The highest BCUT2D eigenvalue weighted by Gasteiger charge is 2.25. The fraction of sp³-hybridized carbons (Fsp3) is 0. The van der Waals surface area contributed by atoms with Gasteiger partial charge in [-0.15, -0.1) is 0 Å². The van der Waals surface area contributed by atoms with Crippen LogP contribution >= 0.6 is 15.8 Å². The molecule has 0 spiro atoms. The van der Waals surface area contributed by atoms with E-state index in [-0.39, 0.29) is 0 Å². The van der Waals surface area contributed by atoms with E-state index in [1.807, 2.05) is 0 Å². The van der Waals surface area contributed by atoms with Crippen molar-refractivity contribution in [3.63, 3.8) is 0 Å². The molecule has 0 saturated carbocycles. The predicted molar refractivity (Wildman–Crippen MR) is 204 cm³/mol. The van der Waals surface area contributed by atoms with Crippen LogP contribution in [-0.2, 0) is 0 Å². The first-order valence-corrected chi connectivity index (χ1v) is 18.4. The Morgan fingerprint density at radius 2 is 0.717 bits per heavy atom. The molecule has 0 nitrogen and oxygen atoms in total. The summed E-state index contributed by atoms with van der Waals surface area (Å²) in [5.41, 5.74) is 2.64. The second kappa shape index (κ2) is 12.9. The molecule has 0 bridgehead atoms. The van der Waals surface area contributed by atoms with E-state index in [0.29, 0.717) is 0 Å². The normalized spacial score (nSPS) is 11.4. The Kier molecular flexibility index (Phi) is 8.00. The van der Waals surface area contributed by atoms with Crippen LogP contribution in [0.5, 0.6) is 0 Å². The minimum atomic E-state index is -0.826. The minimum absolute atomic E-state index is 0.776. The highest BCUT2D eigenvalue weighted by Crippen LogP contribution is 2.43. The van der Waals surface area contributed by atoms with Crippen LogP contribution in [0.25, 0.3) is 32.7 Å². The molecule has 0 aliphatic heterocycles. The molecule has 2 heteroatoms. The molecule has 0 heterocycles. The Labute approximate surface area is 273 Å². The van der Waals surface area contributed by atoms with Crippen molar-refractivity contribution < 1.29 is 0 Å². The lowest BCUT2D eigenvalue weighted by molar-refractivity contribution is 1.71. The first kappa shape index (κ1) is 28.6. The second-order valence-electron chi connectivity index (χ2n) is 11.4. The van der Waals surface area contributed by atoms with Crippen molar-refractivity contribution in [1.82, 2.24) is 0 Å². The standard InChI is InChI=1S/C44H32P2/c1-5-19-35(20-6-1)45(36-21-7-2-8-22-36)39-31-34-18-14-15-27-40(34)42(32-39)44-41-28-16-13-17-33(41)29-30-43(44)46(37-23-9-3-10-24-37)38-25-11-4-12-26-38/h1-32H. The molecule has 0 radical (unpaired) electrons. The Morgan fingerprint density at radius 3 is 1.26 bits per heavy atom. The minimum Gasteiger partial charge on any atom is -0.0622 e. The molecule has 0 aromatic heterocycles. The smallest absolute Gasteiger partial charge is 0.00153 e. The summed E-state index contributed by atoms with van der Waals surface area (Å²) in [6, 6.07) is 71.8. The summed E-state index contributed by atoms with van der Waals surface area (Å²) < 4.78 is 0. The van der Waals surface area contributed by atoms with Crippen molar-refractivity contribution >= 4 is 69.2 Å². The average Bonchev–Trinajstić information content (AvgIpc) is 3.13. The van der Waals surface area contributed by atoms with E-state index in [0.717, 1.165) is 0 Å². The molecule has 0 fully saturated rings. The Hall–Kier alpha value is -4.86. The lowest BCUT2D eigenvalue weighted by atomic mass is 9.94. The number of hydrogen-bond acceptors (Lipinski definition) is 0. The zero-order valence-electron chi connectivity index (χ0n) is 25.4. The van der Waals surface area contributed by atoms with Gasteiger partial charge in [0.05, 0.1) is 0 Å². The summed E-state index contributed by atoms with van der Waals surface area (Å²) >= 11 is 0. The van der Waals surface area contributed by atoms with E-state index in [1.165, 1.54) is 64.5 Å². The maximum Gasteiger partial charge on any atom is -0.00153 e. The van der Waals surface area contributed by atoms with Gasteiger partial charge in [-0.3, -0.25) is 0 Å². The molecule has 8 aromatic rings. The largest absolute Gasteiger partial charge is 0.0622 e. The van der Waals surface area contributed by atoms with Gasteiger partial charge in [0.2, 0.25) is 0 Å². The van der Waals surface area contributed by atoms with Crippen molar-refractivity contribution in [1.29, 1.82) is 0 Å². The second-order valence-corrected chi connectivity index (χ2v) is 15.8. The summed E-state index contributed by atoms with van der Waals surface area (Å²) in [5.74, 6) is 0. The topological polar surface area (TPSA) is 0 Å². The molecule has 0 aliphatic rings. The molecular formula is C44H32P2. The average molecular weight is 623 g/mol. The van der Waals surface area contributed by atoms with Gasteiger partial charge in [-0.05, 0) is 92.5 Å². The molecule has 218 valence electrons. The molecule has 0 atom stereocenters. The monoisotopic (exact) mass is 622 g/mol. The van der Waals surface area contributed by atoms with E-state index < -0.39 is 15.8 Å². The van der Waals surface area contributed by atoms with E-state index in [2.05, 4.69) is 194 Å². The summed E-state index contributed by atoms with van der Waals surface area (Å²) in [4.78, 5) is 0. The number of benzene rings is 8. The van der Waals surface area contributed by atoms with Crippen molar-refractivity contribution in [2.45, 2.75) is 0 Å². The van der Waals surface area contributed by atoms with Crippen LogP contribution in [0.2, 0.25) is 0 Å². The van der Waals surface area contributed by atoms with E-state index >= 15 is 0 Å². The summed E-state index contributed by atoms with van der Waals surface area (Å²) in [5, 5.41) is 13.3. The summed E-state index contributed by atoms with van der Waals surface area (Å²) in [6.07, 6.45) is 0. The molecular weight excluding hydrogens is 590 g/mol. The third-order valence-electron chi connectivity index (χ3n) is 8.58. The third-order valence-corrected chi connectivity index (χ3v) is 13.5. The fourth-order valence-corrected chi connectivity index (χ4v) is 11.4. The highest BCUT2D eigenvalue weighted by molar-refractivity contribution is 7.80. The SMILES string of the molecule is c1ccc(P(c2ccccc2)c2cc(-c3c(P(c4ccccc4)c4ccccc4)ccc4ccccc34)c3ccccc3c2)cc1. The highest BCUT2D eigenvalue weighted by atomic mass is 31.1. The molecule has 0 unspecified atom stereocenters. The van der Waals surface area contributed by atoms with Crippen molar-refractivity contribution in [2.24, 2.45) is 0 Å². The Balaban J connectivity index is 1.47. The van der Waals surface area contributed by atoms with Crippen LogP contribution in [0.15, 0.2) is 194 Å². The van der Waals surface area contributed by atoms with Gasteiger partial charge in [0.15, 0.2) is 0 Å². The van der Waals surface area contributed by atoms with Crippen molar-refractivity contribution in [2.75, 3.05) is 0 Å². The molecule has 0 aliphatic carbocycles. The van der Waals surface area contributed by atoms with Crippen LogP contribution in [-0.4, -0.2) is 0 Å². The first-order chi connectivity index (χ1) is 22.8. The van der Waals surface area contributed by atoms with Crippen LogP contribution < -0.4 is 31.8 Å². The fourth-order valence-electron chi connectivity index (χ4n) is 6.54. The Morgan fingerprint density at radius 1 is 0.283 bits per heavy atom. The first-order valence-electron chi connectivity index (χ1n) is 15.7. The van der Waals surface area contributed by atoms with Crippen molar-refractivity contribution in [3.8, 4) is 11.1 Å². The molecule has 0 amide bonds. The maximum absolute atomic E-state index is 2.52. The van der Waals surface area contributed by atoms with Crippen LogP contribution in [0.1, 0.15) is 0 Å². The number of rotatable bonds is 7. The summed E-state index contributed by atoms with van der Waals surface area (Å²) in [6.45, 7) is 0. The van der Waals surface area contributed by atoms with Crippen molar-refractivity contribution in [3.05, 3.63) is 194 Å². The van der Waals surface area contributed by atoms with Crippen LogP contribution in [0.3, 0.4) is 0 Å². The third kappa shape index (κ3) is 5.46. The molecule has 8 aromatic carbocycles. The lowest BCUT2D eigenvalue weighted by Gasteiger charge is -2.26. The molecule has 8 rings (SSSR count). The van der Waals surface area contributed by atoms with Crippen LogP contribution in [0, 0.1) is 0 Å².